The largest absolute Gasteiger partial charge is 0.339 e. The Balaban J connectivity index is 0.00000225. The van der Waals surface area contributed by atoms with Crippen molar-refractivity contribution in [1.82, 2.24) is 15.5 Å². The Morgan fingerprint density at radius 1 is 1.16 bits per heavy atom. The topological polar surface area (TPSA) is 73.5 Å². The van der Waals surface area contributed by atoms with E-state index in [1.54, 1.807) is 0 Å². The molecule has 138 valence electrons. The van der Waals surface area contributed by atoms with Crippen LogP contribution < -0.4 is 16.0 Å². The molecule has 0 aromatic heterocycles. The third-order valence-electron chi connectivity index (χ3n) is 4.55. The predicted octanol–water partition coefficient (Wildman–Crippen LogP) is 2.11. The normalized spacial score (nSPS) is 22.8. The molecule has 0 bridgehead atoms. The second-order valence-corrected chi connectivity index (χ2v) is 6.38. The Labute approximate surface area is 152 Å². The number of rotatable bonds is 3. The molecule has 8 heteroatoms. The van der Waals surface area contributed by atoms with Gasteiger partial charge in [-0.3, -0.25) is 4.79 Å². The number of nitrogens with one attached hydrogen (secondary N) is 3. The first-order valence-corrected chi connectivity index (χ1v) is 8.47. The van der Waals surface area contributed by atoms with E-state index in [0.717, 1.165) is 32.2 Å². The molecule has 2 atom stereocenters. The molecule has 3 N–H and O–H groups in total. The Morgan fingerprint density at radius 3 is 2.60 bits per heavy atom. The van der Waals surface area contributed by atoms with Crippen LogP contribution in [-0.4, -0.2) is 48.6 Å². The maximum atomic E-state index is 12.9. The first kappa shape index (κ1) is 19.5. The van der Waals surface area contributed by atoms with Gasteiger partial charge in [-0.2, -0.15) is 0 Å². The summed E-state index contributed by atoms with van der Waals surface area (Å²) in [7, 11) is 0. The number of likely N-dealkylation sites (tertiary alicyclic amines) is 1. The average Bonchev–Trinajstić information content (AvgIpc) is 3.05. The van der Waals surface area contributed by atoms with Crippen molar-refractivity contribution in [2.45, 2.75) is 37.8 Å². The molecule has 1 aromatic carbocycles. The van der Waals surface area contributed by atoms with Crippen molar-refractivity contribution in [3.8, 4) is 0 Å². The van der Waals surface area contributed by atoms with E-state index in [9.17, 15) is 14.0 Å². The number of halogens is 2. The number of piperidine rings is 1. The first-order chi connectivity index (χ1) is 11.6. The summed E-state index contributed by atoms with van der Waals surface area (Å²) in [5.41, 5.74) is 0.534. The summed E-state index contributed by atoms with van der Waals surface area (Å²) in [5.74, 6) is -0.208. The zero-order chi connectivity index (χ0) is 16.9. The third-order valence-corrected chi connectivity index (χ3v) is 4.55. The summed E-state index contributed by atoms with van der Waals surface area (Å²) < 4.78 is 12.9. The molecule has 0 aliphatic carbocycles. The van der Waals surface area contributed by atoms with Crippen LogP contribution in [0, 0.1) is 5.82 Å². The van der Waals surface area contributed by atoms with Gasteiger partial charge in [0.1, 0.15) is 5.82 Å². The van der Waals surface area contributed by atoms with Crippen LogP contribution in [0.25, 0.3) is 0 Å². The second kappa shape index (κ2) is 9.01. The van der Waals surface area contributed by atoms with E-state index in [4.69, 9.17) is 0 Å². The van der Waals surface area contributed by atoms with Crippen LogP contribution in [0.2, 0.25) is 0 Å². The van der Waals surface area contributed by atoms with Crippen molar-refractivity contribution in [3.63, 3.8) is 0 Å². The molecule has 25 heavy (non-hydrogen) atoms. The van der Waals surface area contributed by atoms with Crippen molar-refractivity contribution in [2.75, 3.05) is 25.0 Å². The number of urea groups is 1. The fraction of sp³-hybridized carbons (Fsp3) is 0.529. The number of nitrogens with zero attached hydrogens (tertiary/aromatic N) is 1. The van der Waals surface area contributed by atoms with Gasteiger partial charge in [0.15, 0.2) is 0 Å². The molecule has 0 radical (unpaired) electrons. The molecule has 2 fully saturated rings. The minimum Gasteiger partial charge on any atom is -0.339 e. The van der Waals surface area contributed by atoms with Gasteiger partial charge in [-0.05, 0) is 50.1 Å². The SMILES string of the molecule is Cl.O=C(Nc1ccc(F)cc1)NC1CCN(C(=O)C2CCCCN2)C1. The molecule has 2 unspecified atom stereocenters. The van der Waals surface area contributed by atoms with Crippen molar-refractivity contribution >= 4 is 30.0 Å². The fourth-order valence-electron chi connectivity index (χ4n) is 3.25. The number of benzene rings is 1. The van der Waals surface area contributed by atoms with Gasteiger partial charge < -0.3 is 20.9 Å². The second-order valence-electron chi connectivity index (χ2n) is 6.38. The van der Waals surface area contributed by atoms with Crippen LogP contribution in [0.15, 0.2) is 24.3 Å². The molecule has 3 rings (SSSR count). The van der Waals surface area contributed by atoms with Crippen LogP contribution in [0.4, 0.5) is 14.9 Å². The van der Waals surface area contributed by atoms with Crippen molar-refractivity contribution in [3.05, 3.63) is 30.1 Å². The number of hydrogen-bond acceptors (Lipinski definition) is 3. The maximum absolute atomic E-state index is 12.9. The fourth-order valence-corrected chi connectivity index (χ4v) is 3.25. The molecule has 2 aliphatic heterocycles. The van der Waals surface area contributed by atoms with E-state index < -0.39 is 0 Å². The molecule has 0 spiro atoms. The highest BCUT2D eigenvalue weighted by molar-refractivity contribution is 5.89. The molecule has 1 aromatic rings. The van der Waals surface area contributed by atoms with Gasteiger partial charge in [-0.25, -0.2) is 9.18 Å². The lowest BCUT2D eigenvalue weighted by molar-refractivity contribution is -0.133. The quantitative estimate of drug-likeness (QED) is 0.763. The lowest BCUT2D eigenvalue weighted by atomic mass is 10.0. The average molecular weight is 371 g/mol. The standard InChI is InChI=1S/C17H23FN4O2.ClH/c18-12-4-6-13(7-5-12)20-17(24)21-14-8-10-22(11-14)16(23)15-3-1-2-9-19-15;/h4-7,14-15,19H,1-3,8-11H2,(H2,20,21,24);1H. The summed E-state index contributed by atoms with van der Waals surface area (Å²) in [6.07, 6.45) is 3.84. The summed E-state index contributed by atoms with van der Waals surface area (Å²) >= 11 is 0. The Kier molecular flexibility index (Phi) is 7.01. The zero-order valence-corrected chi connectivity index (χ0v) is 14.8. The molecule has 2 saturated heterocycles. The first-order valence-electron chi connectivity index (χ1n) is 8.47. The van der Waals surface area contributed by atoms with E-state index in [1.807, 2.05) is 4.90 Å². The van der Waals surface area contributed by atoms with Gasteiger partial charge in [-0.1, -0.05) is 6.42 Å². The molecular weight excluding hydrogens is 347 g/mol. The number of amides is 3. The zero-order valence-electron chi connectivity index (χ0n) is 14.0. The van der Waals surface area contributed by atoms with Gasteiger partial charge in [-0.15, -0.1) is 12.4 Å². The molecule has 2 aliphatic rings. The van der Waals surface area contributed by atoms with E-state index in [-0.39, 0.29) is 42.2 Å². The van der Waals surface area contributed by atoms with Crippen LogP contribution >= 0.6 is 12.4 Å². The molecule has 0 saturated carbocycles. The predicted molar refractivity (Wildman–Crippen MR) is 96.4 cm³/mol. The minimum absolute atomic E-state index is 0. The molecule has 6 nitrogen and oxygen atoms in total. The van der Waals surface area contributed by atoms with Crippen LogP contribution in [-0.2, 0) is 4.79 Å². The molecular formula is C17H24ClFN4O2. The Bertz CT molecular complexity index is 593. The van der Waals surface area contributed by atoms with Crippen molar-refractivity contribution < 1.29 is 14.0 Å². The summed E-state index contributed by atoms with van der Waals surface area (Å²) in [6, 6.07) is 5.13. The number of hydrogen-bond donors (Lipinski definition) is 3. The highest BCUT2D eigenvalue weighted by Gasteiger charge is 2.31. The van der Waals surface area contributed by atoms with E-state index in [0.29, 0.717) is 18.8 Å². The number of carbonyl (C=O) groups excluding carboxylic acids is 2. The van der Waals surface area contributed by atoms with Crippen LogP contribution in [0.5, 0.6) is 0 Å². The highest BCUT2D eigenvalue weighted by atomic mass is 35.5. The Morgan fingerprint density at radius 2 is 1.92 bits per heavy atom. The summed E-state index contributed by atoms with van der Waals surface area (Å²) in [6.45, 7) is 2.10. The highest BCUT2D eigenvalue weighted by Crippen LogP contribution is 2.15. The lowest BCUT2D eigenvalue weighted by Crippen LogP contribution is -2.49. The summed E-state index contributed by atoms with van der Waals surface area (Å²) in [4.78, 5) is 26.3. The van der Waals surface area contributed by atoms with Gasteiger partial charge in [0, 0.05) is 24.8 Å². The number of anilines is 1. The molecule has 2 heterocycles. The van der Waals surface area contributed by atoms with Gasteiger partial charge >= 0.3 is 6.03 Å². The monoisotopic (exact) mass is 370 g/mol. The van der Waals surface area contributed by atoms with Crippen LogP contribution in [0.3, 0.4) is 0 Å². The van der Waals surface area contributed by atoms with E-state index in [1.165, 1.54) is 24.3 Å². The van der Waals surface area contributed by atoms with Crippen LogP contribution in [0.1, 0.15) is 25.7 Å². The molecule has 3 amide bonds. The third kappa shape index (κ3) is 5.31. The van der Waals surface area contributed by atoms with Crippen molar-refractivity contribution in [2.24, 2.45) is 0 Å². The van der Waals surface area contributed by atoms with Gasteiger partial charge in [0.05, 0.1) is 6.04 Å². The van der Waals surface area contributed by atoms with E-state index in [2.05, 4.69) is 16.0 Å². The minimum atomic E-state index is -0.345. The number of carbonyl (C=O) groups is 2. The maximum Gasteiger partial charge on any atom is 0.319 e. The summed E-state index contributed by atoms with van der Waals surface area (Å²) in [5, 5.41) is 8.81. The van der Waals surface area contributed by atoms with Gasteiger partial charge in [0.2, 0.25) is 5.91 Å². The van der Waals surface area contributed by atoms with Crippen molar-refractivity contribution in [1.29, 1.82) is 0 Å². The Hall–Kier alpha value is -1.86. The lowest BCUT2D eigenvalue weighted by Gasteiger charge is -2.27. The van der Waals surface area contributed by atoms with E-state index >= 15 is 0 Å². The smallest absolute Gasteiger partial charge is 0.319 e. The van der Waals surface area contributed by atoms with Gasteiger partial charge in [0.25, 0.3) is 0 Å².